The first-order valence-corrected chi connectivity index (χ1v) is 8.14. The fraction of sp³-hybridized carbons (Fsp3) is 0.875. The molecule has 0 aliphatic heterocycles. The van der Waals surface area contributed by atoms with Gasteiger partial charge in [-0.1, -0.05) is 84.1 Å². The van der Waals surface area contributed by atoms with Gasteiger partial charge >= 0.3 is 0 Å². The maximum absolute atomic E-state index is 4.73. The second-order valence-corrected chi connectivity index (χ2v) is 5.11. The molecule has 0 aliphatic carbocycles. The molecular weight excluding hydrogens is 256 g/mol. The van der Waals surface area contributed by atoms with E-state index in [1.165, 1.54) is 70.6 Å². The first kappa shape index (κ1) is 19.4. The molecule has 0 atom stereocenters. The van der Waals surface area contributed by atoms with Gasteiger partial charge in [-0.2, -0.15) is 0 Å². The van der Waals surface area contributed by atoms with Crippen molar-refractivity contribution in [3.8, 4) is 0 Å². The molecule has 4 nitrogen and oxygen atoms in total. The first-order chi connectivity index (χ1) is 9.91. The monoisotopic (exact) mass is 288 g/mol. The van der Waals surface area contributed by atoms with Gasteiger partial charge in [0.15, 0.2) is 0 Å². The summed E-state index contributed by atoms with van der Waals surface area (Å²) in [5.74, 6) is 0. The average molecular weight is 288 g/mol. The zero-order chi connectivity index (χ0) is 14.7. The Morgan fingerprint density at radius 1 is 0.700 bits per heavy atom. The third-order valence-electron chi connectivity index (χ3n) is 3.26. The minimum atomic E-state index is 0.526. The quantitative estimate of drug-likeness (QED) is 0.150. The Morgan fingerprint density at radius 3 is 1.70 bits per heavy atom. The van der Waals surface area contributed by atoms with Gasteiger partial charge in [-0.25, -0.2) is 4.89 Å². The lowest BCUT2D eigenvalue weighted by Gasteiger charge is -2.03. The molecule has 0 saturated heterocycles. The van der Waals surface area contributed by atoms with Gasteiger partial charge in [-0.3, -0.25) is 0 Å². The summed E-state index contributed by atoms with van der Waals surface area (Å²) in [6.45, 7) is 6.07. The van der Waals surface area contributed by atoms with Crippen molar-refractivity contribution in [2.75, 3.05) is 6.61 Å². The van der Waals surface area contributed by atoms with Gasteiger partial charge in [0, 0.05) is 5.04 Å². The third kappa shape index (κ3) is 17.4. The molecule has 0 N–H and O–H groups in total. The zero-order valence-corrected chi connectivity index (χ0v) is 13.1. The van der Waals surface area contributed by atoms with Gasteiger partial charge in [0.1, 0.15) is 6.26 Å². The lowest BCUT2D eigenvalue weighted by molar-refractivity contribution is -0.621. The van der Waals surface area contributed by atoms with Crippen molar-refractivity contribution in [1.29, 1.82) is 0 Å². The van der Waals surface area contributed by atoms with Crippen LogP contribution in [0.5, 0.6) is 0 Å². The molecule has 4 heteroatoms. The molecule has 120 valence electrons. The van der Waals surface area contributed by atoms with Crippen molar-refractivity contribution in [2.24, 2.45) is 0 Å². The average Bonchev–Trinajstić information content (AvgIpc) is 2.47. The topological polar surface area (TPSA) is 36.9 Å². The molecule has 20 heavy (non-hydrogen) atoms. The molecule has 0 aromatic heterocycles. The summed E-state index contributed by atoms with van der Waals surface area (Å²) < 4.78 is 0. The second kappa shape index (κ2) is 18.4. The Labute approximate surface area is 124 Å². The van der Waals surface area contributed by atoms with Gasteiger partial charge in [0.2, 0.25) is 0 Å². The Balaban J connectivity index is 2.90. The predicted octanol–water partition coefficient (Wildman–Crippen LogP) is 5.64. The number of unbranched alkanes of at least 4 members (excludes halogenated alkanes) is 11. The predicted molar refractivity (Wildman–Crippen MR) is 80.5 cm³/mol. The Morgan fingerprint density at radius 2 is 1.20 bits per heavy atom. The molecule has 0 bridgehead atoms. The van der Waals surface area contributed by atoms with E-state index in [1.807, 2.05) is 0 Å². The van der Waals surface area contributed by atoms with Gasteiger partial charge in [0.05, 0.1) is 6.61 Å². The van der Waals surface area contributed by atoms with Gasteiger partial charge in [-0.05, 0) is 11.5 Å². The van der Waals surface area contributed by atoms with Crippen molar-refractivity contribution in [3.63, 3.8) is 0 Å². The summed E-state index contributed by atoms with van der Waals surface area (Å²) in [7, 11) is 0. The third-order valence-corrected chi connectivity index (χ3v) is 3.26. The summed E-state index contributed by atoms with van der Waals surface area (Å²) in [6, 6.07) is 0. The highest BCUT2D eigenvalue weighted by Crippen LogP contribution is 2.11. The summed E-state index contributed by atoms with van der Waals surface area (Å²) in [6.07, 6.45) is 17.0. The van der Waals surface area contributed by atoms with Gasteiger partial charge < -0.3 is 4.89 Å². The van der Waals surface area contributed by atoms with Crippen molar-refractivity contribution >= 4 is 0 Å². The molecule has 0 rings (SSSR count). The standard InChI is InChI=1S/C16H32O4/c1-3-5-6-7-8-9-10-11-12-13-14-15-16-18-20-19-17-4-2/h4H,2-3,5-16H2,1H3. The first-order valence-electron chi connectivity index (χ1n) is 8.14. The van der Waals surface area contributed by atoms with Crippen molar-refractivity contribution in [3.05, 3.63) is 12.8 Å². The van der Waals surface area contributed by atoms with Gasteiger partial charge in [0.25, 0.3) is 0 Å². The van der Waals surface area contributed by atoms with Crippen molar-refractivity contribution in [2.45, 2.75) is 84.0 Å². The van der Waals surface area contributed by atoms with E-state index in [2.05, 4.69) is 28.5 Å². The van der Waals surface area contributed by atoms with Crippen LogP contribution in [0.25, 0.3) is 0 Å². The minimum Gasteiger partial charge on any atom is -0.315 e. The van der Waals surface area contributed by atoms with E-state index in [4.69, 9.17) is 4.89 Å². The molecule has 0 heterocycles. The van der Waals surface area contributed by atoms with Crippen LogP contribution in [-0.4, -0.2) is 6.61 Å². The molecule has 0 fully saturated rings. The maximum atomic E-state index is 4.73. The van der Waals surface area contributed by atoms with Crippen LogP contribution in [0.3, 0.4) is 0 Å². The van der Waals surface area contributed by atoms with E-state index in [9.17, 15) is 0 Å². The fourth-order valence-electron chi connectivity index (χ4n) is 2.10. The number of rotatable bonds is 17. The molecule has 0 aromatic carbocycles. The molecule has 0 unspecified atom stereocenters. The Kier molecular flexibility index (Phi) is 17.9. The van der Waals surface area contributed by atoms with E-state index in [-0.39, 0.29) is 0 Å². The van der Waals surface area contributed by atoms with Crippen LogP contribution in [0.4, 0.5) is 0 Å². The van der Waals surface area contributed by atoms with E-state index in [0.29, 0.717) is 6.61 Å². The highest BCUT2D eigenvalue weighted by Gasteiger charge is 1.94. The summed E-state index contributed by atoms with van der Waals surface area (Å²) in [4.78, 5) is 9.00. The number of hydrogen-bond donors (Lipinski definition) is 0. The lowest BCUT2D eigenvalue weighted by atomic mass is 10.1. The van der Waals surface area contributed by atoms with Gasteiger partial charge in [-0.15, -0.1) is 0 Å². The Bertz CT molecular complexity index is 185. The van der Waals surface area contributed by atoms with Crippen LogP contribution in [0.2, 0.25) is 0 Å². The zero-order valence-electron chi connectivity index (χ0n) is 13.1. The molecular formula is C16H32O4. The molecule has 0 spiro atoms. The summed E-state index contributed by atoms with van der Waals surface area (Å²) >= 11 is 0. The smallest absolute Gasteiger partial charge is 0.125 e. The van der Waals surface area contributed by atoms with E-state index < -0.39 is 0 Å². The molecule has 0 amide bonds. The summed E-state index contributed by atoms with van der Waals surface area (Å²) in [5, 5.41) is 8.43. The SMILES string of the molecule is C=COOOOCCCCCCCCCCCCCC. The molecule has 0 aromatic rings. The summed E-state index contributed by atoms with van der Waals surface area (Å²) in [5.41, 5.74) is 0. The normalized spacial score (nSPS) is 10.7. The molecule has 0 aliphatic rings. The van der Waals surface area contributed by atoms with E-state index in [0.717, 1.165) is 12.7 Å². The van der Waals surface area contributed by atoms with Crippen LogP contribution in [-0.2, 0) is 19.9 Å². The van der Waals surface area contributed by atoms with Crippen molar-refractivity contribution < 1.29 is 19.9 Å². The second-order valence-electron chi connectivity index (χ2n) is 5.11. The largest absolute Gasteiger partial charge is 0.315 e. The maximum Gasteiger partial charge on any atom is 0.125 e. The fourth-order valence-corrected chi connectivity index (χ4v) is 2.10. The van der Waals surface area contributed by atoms with Crippen LogP contribution < -0.4 is 0 Å². The van der Waals surface area contributed by atoms with Crippen LogP contribution in [0.15, 0.2) is 12.8 Å². The molecule has 0 radical (unpaired) electrons. The highest BCUT2D eigenvalue weighted by atomic mass is 17.7. The highest BCUT2D eigenvalue weighted by molar-refractivity contribution is 4.48. The van der Waals surface area contributed by atoms with E-state index in [1.54, 1.807) is 0 Å². The molecule has 0 saturated carbocycles. The lowest BCUT2D eigenvalue weighted by Crippen LogP contribution is -1.97. The number of hydrogen-bond acceptors (Lipinski definition) is 4. The minimum absolute atomic E-state index is 0.526. The Hall–Kier alpha value is -0.580. The van der Waals surface area contributed by atoms with Crippen LogP contribution in [0, 0.1) is 0 Å². The van der Waals surface area contributed by atoms with Crippen molar-refractivity contribution in [1.82, 2.24) is 0 Å². The van der Waals surface area contributed by atoms with Crippen LogP contribution >= 0.6 is 0 Å². The van der Waals surface area contributed by atoms with E-state index >= 15 is 0 Å². The van der Waals surface area contributed by atoms with Crippen LogP contribution in [0.1, 0.15) is 84.0 Å².